The highest BCUT2D eigenvalue weighted by Gasteiger charge is 2.44. The summed E-state index contributed by atoms with van der Waals surface area (Å²) in [6, 6.07) is 19.2. The molecule has 2 saturated carbocycles. The van der Waals surface area contributed by atoms with E-state index in [-0.39, 0.29) is 11.8 Å². The molecule has 204 valence electrons. The number of methoxy groups -OCH3 is 1. The van der Waals surface area contributed by atoms with E-state index in [0.29, 0.717) is 28.1 Å². The number of hydrogen-bond donors (Lipinski definition) is 0. The van der Waals surface area contributed by atoms with Crippen LogP contribution in [0.2, 0.25) is 5.02 Å². The number of rotatable bonds is 7. The van der Waals surface area contributed by atoms with E-state index in [2.05, 4.69) is 11.2 Å². The monoisotopic (exact) mass is 554 g/mol. The van der Waals surface area contributed by atoms with Crippen molar-refractivity contribution in [2.45, 2.75) is 32.2 Å². The molecule has 1 amide bonds. The topological polar surface area (TPSA) is 64.4 Å². The second-order valence-corrected chi connectivity index (χ2v) is 11.3. The summed E-state index contributed by atoms with van der Waals surface area (Å²) in [5.41, 5.74) is 4.87. The van der Waals surface area contributed by atoms with Gasteiger partial charge in [-0.2, -0.15) is 5.10 Å². The highest BCUT2D eigenvalue weighted by atomic mass is 35.5. The van der Waals surface area contributed by atoms with E-state index in [4.69, 9.17) is 16.3 Å². The first-order valence-corrected chi connectivity index (χ1v) is 14.0. The Kier molecular flexibility index (Phi) is 6.86. The number of ether oxygens (including phenoxy) is 1. The van der Waals surface area contributed by atoms with Gasteiger partial charge < -0.3 is 9.64 Å². The molecule has 1 aromatic heterocycles. The second-order valence-electron chi connectivity index (χ2n) is 10.8. The minimum Gasteiger partial charge on any atom is -0.466 e. The predicted molar refractivity (Wildman–Crippen MR) is 159 cm³/mol. The zero-order chi connectivity index (χ0) is 28.7. The van der Waals surface area contributed by atoms with Crippen molar-refractivity contribution in [1.29, 1.82) is 0 Å². The van der Waals surface area contributed by atoms with E-state index in [1.54, 1.807) is 11.0 Å². The van der Waals surface area contributed by atoms with Crippen LogP contribution in [0.3, 0.4) is 0 Å². The molecule has 40 heavy (non-hydrogen) atoms. The Labute approximate surface area is 240 Å². The van der Waals surface area contributed by atoms with Crippen molar-refractivity contribution in [1.82, 2.24) is 9.78 Å². The summed E-state index contributed by atoms with van der Waals surface area (Å²) in [6.07, 6.45) is 9.04. The quantitative estimate of drug-likeness (QED) is 0.181. The minimum atomic E-state index is -1.04. The number of aryl methyl sites for hydroxylation is 1. The maximum absolute atomic E-state index is 14.2. The van der Waals surface area contributed by atoms with Crippen LogP contribution in [0.25, 0.3) is 28.1 Å². The number of benzene rings is 3. The molecule has 7 heteroatoms. The van der Waals surface area contributed by atoms with E-state index < -0.39 is 12.5 Å². The highest BCUT2D eigenvalue weighted by Crippen LogP contribution is 2.49. The first-order chi connectivity index (χ1) is 19.8. The number of anilines is 1. The number of amides is 1. The summed E-state index contributed by atoms with van der Waals surface area (Å²) in [5, 5.41) is 5.79. The van der Waals surface area contributed by atoms with Crippen molar-refractivity contribution >= 4 is 46.1 Å². The fourth-order valence-electron chi connectivity index (χ4n) is 6.30. The molecular formula is C33H32ClN3O3. The molecule has 6 rings (SSSR count). The highest BCUT2D eigenvalue weighted by molar-refractivity contribution is 6.31. The van der Waals surface area contributed by atoms with Gasteiger partial charge in [0.25, 0.3) is 0 Å². The van der Waals surface area contributed by atoms with Crippen LogP contribution in [0.4, 0.5) is 5.69 Å². The van der Waals surface area contributed by atoms with Crippen molar-refractivity contribution in [3.8, 4) is 11.1 Å². The third kappa shape index (κ3) is 5.16. The Bertz CT molecular complexity index is 1660. The Morgan fingerprint density at radius 1 is 1.12 bits per heavy atom. The molecule has 0 radical (unpaired) electrons. The van der Waals surface area contributed by atoms with Crippen LogP contribution in [0.5, 0.6) is 0 Å². The Balaban J connectivity index is 1.35. The van der Waals surface area contributed by atoms with E-state index in [1.807, 2.05) is 72.5 Å². The van der Waals surface area contributed by atoms with Crippen molar-refractivity contribution in [2.24, 2.45) is 24.8 Å². The molecule has 6 nitrogen and oxygen atoms in total. The number of aromatic nitrogens is 2. The summed E-state index contributed by atoms with van der Waals surface area (Å²) in [7, 11) is 3.24. The molecular weight excluding hydrogens is 522 g/mol. The molecule has 0 aliphatic heterocycles. The maximum Gasteiger partial charge on any atom is 0.330 e. The van der Waals surface area contributed by atoms with Crippen LogP contribution >= 0.6 is 11.6 Å². The molecule has 2 bridgehead atoms. The minimum absolute atomic E-state index is 0.0338. The van der Waals surface area contributed by atoms with Gasteiger partial charge >= 0.3 is 5.97 Å². The van der Waals surface area contributed by atoms with Crippen LogP contribution in [0.15, 0.2) is 72.9 Å². The van der Waals surface area contributed by atoms with Gasteiger partial charge in [-0.3, -0.25) is 9.48 Å². The molecule has 4 aromatic rings. The van der Waals surface area contributed by atoms with E-state index in [0.717, 1.165) is 46.9 Å². The summed E-state index contributed by atoms with van der Waals surface area (Å²) in [5.74, 6) is 0.367. The van der Waals surface area contributed by atoms with Crippen molar-refractivity contribution < 1.29 is 15.7 Å². The molecule has 2 aliphatic carbocycles. The van der Waals surface area contributed by atoms with Gasteiger partial charge in [-0.25, -0.2) is 4.79 Å². The van der Waals surface area contributed by atoms with Gasteiger partial charge in [0, 0.05) is 35.1 Å². The van der Waals surface area contributed by atoms with Crippen molar-refractivity contribution in [3.63, 3.8) is 0 Å². The Morgan fingerprint density at radius 3 is 2.70 bits per heavy atom. The summed E-state index contributed by atoms with van der Waals surface area (Å²) >= 11 is 6.85. The number of nitrogens with zero attached hydrogens (tertiary/aromatic N) is 3. The molecule has 2 fully saturated rings. The first-order valence-electron chi connectivity index (χ1n) is 14.2. The van der Waals surface area contributed by atoms with E-state index in [1.165, 1.54) is 19.6 Å². The van der Waals surface area contributed by atoms with Crippen LogP contribution in [0, 0.1) is 17.8 Å². The normalized spacial score (nSPS) is 21.1. The maximum atomic E-state index is 14.2. The summed E-state index contributed by atoms with van der Waals surface area (Å²) in [6.45, 7) is -1.04. The lowest BCUT2D eigenvalue weighted by atomic mass is 9.87. The molecule has 2 unspecified atom stereocenters. The fraction of sp³-hybridized carbons (Fsp3) is 0.303. The molecule has 3 aromatic carbocycles. The molecule has 0 N–H and O–H groups in total. The third-order valence-electron chi connectivity index (χ3n) is 8.40. The van der Waals surface area contributed by atoms with E-state index in [9.17, 15) is 11.0 Å². The van der Waals surface area contributed by atoms with Gasteiger partial charge in [0.15, 0.2) is 0 Å². The molecule has 0 saturated heterocycles. The van der Waals surface area contributed by atoms with Gasteiger partial charge in [-0.1, -0.05) is 48.4 Å². The van der Waals surface area contributed by atoms with Gasteiger partial charge in [0.1, 0.15) is 0 Å². The summed E-state index contributed by atoms with van der Waals surface area (Å²) in [4.78, 5) is 27.4. The lowest BCUT2D eigenvalue weighted by molar-refractivity contribution is -0.134. The lowest BCUT2D eigenvalue weighted by Gasteiger charge is -2.30. The SMILES string of the molecule is [2H]C(c1ccc(-c2ccc3c(cnn3C)c2)cc1Cl)N(C(=O)C1C[C@@H]2CC[C@H]1C2)c1cccc(/C=C/C(=O)OC)c1. The zero-order valence-electron chi connectivity index (χ0n) is 23.6. The Hall–Kier alpha value is -3.90. The van der Waals surface area contributed by atoms with Crippen LogP contribution in [-0.2, 0) is 27.9 Å². The number of carbonyl (C=O) groups excluding carboxylic acids is 2. The van der Waals surface area contributed by atoms with Crippen LogP contribution < -0.4 is 4.90 Å². The van der Waals surface area contributed by atoms with Gasteiger partial charge in [-0.05, 0) is 89.8 Å². The number of esters is 1. The van der Waals surface area contributed by atoms with Crippen molar-refractivity contribution in [2.75, 3.05) is 12.0 Å². The number of halogens is 1. The van der Waals surface area contributed by atoms with Gasteiger partial charge in [0.2, 0.25) is 5.91 Å². The van der Waals surface area contributed by atoms with Crippen LogP contribution in [0.1, 0.15) is 38.2 Å². The molecule has 0 spiro atoms. The number of hydrogen-bond acceptors (Lipinski definition) is 4. The number of fused-ring (bicyclic) bond motifs is 3. The Morgan fingerprint density at radius 2 is 1.95 bits per heavy atom. The number of carbonyl (C=O) groups is 2. The zero-order valence-corrected chi connectivity index (χ0v) is 23.3. The first kappa shape index (κ1) is 25.1. The smallest absolute Gasteiger partial charge is 0.330 e. The van der Waals surface area contributed by atoms with Gasteiger partial charge in [-0.15, -0.1) is 0 Å². The van der Waals surface area contributed by atoms with E-state index >= 15 is 0 Å². The predicted octanol–water partition coefficient (Wildman–Crippen LogP) is 7.05. The standard InChI is InChI=1S/C33H32ClN3O3/c1-36-31-12-11-23(17-27(31)19-35-36)24-9-10-26(30(34)18-24)20-37(33(39)29-16-22-6-8-25(29)14-22)28-5-3-4-21(15-28)7-13-32(38)40-2/h3-5,7,9-13,15,17-19,22,25,29H,6,8,14,16,20H2,1-2H3/b13-7+/t22-,25+,29?/m1/s1/i20D/t20?,22-,25+,29?. The van der Waals surface area contributed by atoms with Gasteiger partial charge in [0.05, 0.1) is 26.7 Å². The fourth-order valence-corrected chi connectivity index (χ4v) is 6.52. The average Bonchev–Trinajstić information content (AvgIpc) is 3.72. The van der Waals surface area contributed by atoms with Crippen molar-refractivity contribution in [3.05, 3.63) is 89.1 Å². The molecule has 4 atom stereocenters. The second kappa shape index (κ2) is 10.9. The molecule has 2 aliphatic rings. The summed E-state index contributed by atoms with van der Waals surface area (Å²) < 4.78 is 15.9. The molecule has 1 heterocycles. The average molecular weight is 555 g/mol. The third-order valence-corrected chi connectivity index (χ3v) is 8.73. The van der Waals surface area contributed by atoms with Crippen LogP contribution in [-0.4, -0.2) is 28.8 Å². The lowest BCUT2D eigenvalue weighted by Crippen LogP contribution is -2.38. The largest absolute Gasteiger partial charge is 0.466 e.